The maximum atomic E-state index is 9.81. The van der Waals surface area contributed by atoms with Crippen molar-refractivity contribution in [1.29, 1.82) is 0 Å². The number of hydrogen-bond donors (Lipinski definition) is 0. The summed E-state index contributed by atoms with van der Waals surface area (Å²) in [6.45, 7) is 0. The van der Waals surface area contributed by atoms with Crippen molar-refractivity contribution < 1.29 is 17.1 Å². The minimum absolute atomic E-state index is 0.0338. The Hall–Kier alpha value is -8.61. The summed E-state index contributed by atoms with van der Waals surface area (Å²) >= 11 is 0. The summed E-state index contributed by atoms with van der Waals surface area (Å²) in [5.74, 6) is 0.451. The average Bonchev–Trinajstić information content (AvgIpc) is 4.08. The molecule has 0 atom stereocenters. The van der Waals surface area contributed by atoms with E-state index in [4.69, 9.17) is 27.9 Å². The quantitative estimate of drug-likeness (QED) is 0.167. The third-order valence-corrected chi connectivity index (χ3v) is 11.8. The van der Waals surface area contributed by atoms with Crippen LogP contribution in [0.4, 0.5) is 0 Å². The number of furan rings is 2. The van der Waals surface area contributed by atoms with E-state index in [2.05, 4.69) is 36.4 Å². The molecule has 0 saturated carbocycles. The number of aromatic nitrogens is 4. The van der Waals surface area contributed by atoms with Gasteiger partial charge in [-0.15, -0.1) is 0 Å². The monoisotopic (exact) mass is 812 g/mol. The Bertz CT molecular complexity index is 4270. The van der Waals surface area contributed by atoms with E-state index in [1.165, 1.54) is 0 Å². The molecule has 4 aromatic heterocycles. The van der Waals surface area contributed by atoms with Crippen LogP contribution in [-0.4, -0.2) is 19.5 Å². The van der Waals surface area contributed by atoms with Crippen molar-refractivity contribution in [3.63, 3.8) is 0 Å². The summed E-state index contributed by atoms with van der Waals surface area (Å²) in [5, 5.41) is 4.09. The summed E-state index contributed by atoms with van der Waals surface area (Å²) in [6, 6.07) is 53.5. The topological polar surface area (TPSA) is 69.9 Å². The average molecular weight is 813 g/mol. The van der Waals surface area contributed by atoms with Gasteiger partial charge in [-0.1, -0.05) is 152 Å². The predicted octanol–water partition coefficient (Wildman–Crippen LogP) is 15.1. The Kier molecular flexibility index (Phi) is 6.56. The Balaban J connectivity index is 1.13. The molecule has 13 rings (SSSR count). The van der Waals surface area contributed by atoms with Gasteiger partial charge in [-0.25, -0.2) is 4.98 Å². The first kappa shape index (κ1) is 29.6. The zero-order chi connectivity index (χ0) is 46.7. The zero-order valence-electron chi connectivity index (χ0n) is 39.3. The summed E-state index contributed by atoms with van der Waals surface area (Å²) in [5.41, 5.74) is 8.38. The van der Waals surface area contributed by atoms with E-state index in [-0.39, 0.29) is 86.9 Å². The van der Waals surface area contributed by atoms with Crippen molar-refractivity contribution in [3.05, 3.63) is 206 Å². The molecule has 63 heavy (non-hydrogen) atoms. The van der Waals surface area contributed by atoms with Crippen molar-refractivity contribution in [3.8, 4) is 62.1 Å². The summed E-state index contributed by atoms with van der Waals surface area (Å²) in [7, 11) is 0. The lowest BCUT2D eigenvalue weighted by Gasteiger charge is -2.12. The second kappa shape index (κ2) is 14.0. The molecule has 0 aliphatic carbocycles. The fourth-order valence-corrected chi connectivity index (χ4v) is 8.91. The number of hydrogen-bond acceptors (Lipinski definition) is 5. The van der Waals surface area contributed by atoms with Crippen LogP contribution in [0.25, 0.3) is 128 Å². The van der Waals surface area contributed by atoms with Gasteiger partial charge in [0.05, 0.1) is 19.3 Å². The number of nitrogens with zero attached hydrogens (tertiary/aromatic N) is 4. The maximum Gasteiger partial charge on any atom is 0.238 e. The number of para-hydroxylation sites is 1. The molecule has 0 fully saturated rings. The van der Waals surface area contributed by atoms with Crippen molar-refractivity contribution in [1.82, 2.24) is 19.5 Å². The molecule has 0 amide bonds. The zero-order valence-corrected chi connectivity index (χ0v) is 33.3. The third-order valence-electron chi connectivity index (χ3n) is 11.8. The molecule has 0 bridgehead atoms. The van der Waals surface area contributed by atoms with Crippen LogP contribution in [0.1, 0.15) is 8.22 Å². The molecule has 0 unspecified atom stereocenters. The van der Waals surface area contributed by atoms with E-state index in [1.807, 2.05) is 114 Å². The van der Waals surface area contributed by atoms with E-state index < -0.39 is 0 Å². The van der Waals surface area contributed by atoms with Crippen molar-refractivity contribution in [2.45, 2.75) is 0 Å². The van der Waals surface area contributed by atoms with Crippen LogP contribution in [0.2, 0.25) is 0 Å². The van der Waals surface area contributed by atoms with Gasteiger partial charge in [0.15, 0.2) is 11.6 Å². The Morgan fingerprint density at radius 3 is 1.83 bits per heavy atom. The molecule has 0 spiro atoms. The standard InChI is InChI=1S/C57H34N4O2/c1-4-14-35(15-5-1)38-20-12-21-40(32-38)55-58-56(41-26-28-44-51(34-41)63-49-25-13-23-42(52(44)49)37-18-8-3-9-19-37)60-57(59-55)61-46-29-27-39(36-16-6-2-7-17-36)33-45(46)53-47(61)30-31-50-54(53)43-22-10-11-24-48(43)62-50/h1-34H/i13D,23D,25D,26D,28D,34D. The predicted molar refractivity (Wildman–Crippen MR) is 256 cm³/mol. The van der Waals surface area contributed by atoms with Gasteiger partial charge in [-0.05, 0) is 87.9 Å². The van der Waals surface area contributed by atoms with Crippen molar-refractivity contribution >= 4 is 65.7 Å². The first-order chi connectivity index (χ1) is 33.7. The summed E-state index contributed by atoms with van der Waals surface area (Å²) < 4.78 is 70.5. The van der Waals surface area contributed by atoms with Gasteiger partial charge < -0.3 is 8.83 Å². The molecule has 0 aliphatic heterocycles. The van der Waals surface area contributed by atoms with Crippen LogP contribution < -0.4 is 0 Å². The molecule has 0 saturated heterocycles. The lowest BCUT2D eigenvalue weighted by atomic mass is 9.99. The van der Waals surface area contributed by atoms with Gasteiger partial charge in [-0.2, -0.15) is 9.97 Å². The van der Waals surface area contributed by atoms with Gasteiger partial charge in [0.25, 0.3) is 0 Å². The van der Waals surface area contributed by atoms with Gasteiger partial charge in [0.2, 0.25) is 5.95 Å². The van der Waals surface area contributed by atoms with Gasteiger partial charge in [-0.3, -0.25) is 4.57 Å². The molecule has 0 radical (unpaired) electrons. The molecule has 0 aliphatic rings. The molecule has 294 valence electrons. The highest BCUT2D eigenvalue weighted by Crippen LogP contribution is 2.43. The highest BCUT2D eigenvalue weighted by atomic mass is 16.3. The molecule has 6 heteroatoms. The van der Waals surface area contributed by atoms with E-state index in [9.17, 15) is 4.11 Å². The van der Waals surface area contributed by atoms with E-state index in [0.717, 1.165) is 66.0 Å². The Labute approximate surface area is 369 Å². The smallest absolute Gasteiger partial charge is 0.238 e. The summed E-state index contributed by atoms with van der Waals surface area (Å²) in [4.78, 5) is 15.4. The highest BCUT2D eigenvalue weighted by molar-refractivity contribution is 6.27. The fourth-order valence-electron chi connectivity index (χ4n) is 8.91. The van der Waals surface area contributed by atoms with Crippen LogP contribution in [0.5, 0.6) is 0 Å². The minimum Gasteiger partial charge on any atom is -0.456 e. The van der Waals surface area contributed by atoms with Gasteiger partial charge in [0, 0.05) is 43.4 Å². The lowest BCUT2D eigenvalue weighted by molar-refractivity contribution is 0.669. The van der Waals surface area contributed by atoms with Gasteiger partial charge >= 0.3 is 0 Å². The fraction of sp³-hybridized carbons (Fsp3) is 0. The van der Waals surface area contributed by atoms with E-state index in [0.29, 0.717) is 11.1 Å². The molecule has 6 nitrogen and oxygen atoms in total. The third kappa shape index (κ3) is 5.69. The SMILES string of the molecule is [2H]c1c([2H])c(-c2ccccc2)c2c(oc3c([2H])c(-c4nc(-c5cccc(-c6ccccc6)c5)nc(-n5c6ccc(-c7ccccc7)cc6c6c7c(ccc65)oc5ccccc57)n4)c([2H])c([2H])c32)c1[2H]. The number of fused-ring (bicyclic) bond motifs is 10. The largest absolute Gasteiger partial charge is 0.456 e. The molecule has 4 heterocycles. The first-order valence-corrected chi connectivity index (χ1v) is 20.6. The van der Waals surface area contributed by atoms with Gasteiger partial charge in [0.1, 0.15) is 22.3 Å². The highest BCUT2D eigenvalue weighted by Gasteiger charge is 2.23. The Morgan fingerprint density at radius 1 is 0.381 bits per heavy atom. The van der Waals surface area contributed by atoms with E-state index >= 15 is 0 Å². The lowest BCUT2D eigenvalue weighted by Crippen LogP contribution is -2.06. The molecule has 9 aromatic carbocycles. The van der Waals surface area contributed by atoms with Crippen LogP contribution in [-0.2, 0) is 0 Å². The second-order valence-electron chi connectivity index (χ2n) is 15.5. The first-order valence-electron chi connectivity index (χ1n) is 23.6. The number of benzene rings is 9. The normalized spacial score (nSPS) is 13.1. The van der Waals surface area contributed by atoms with Crippen LogP contribution in [0, 0.1) is 0 Å². The van der Waals surface area contributed by atoms with Crippen LogP contribution in [0.15, 0.2) is 215 Å². The second-order valence-corrected chi connectivity index (χ2v) is 15.5. The van der Waals surface area contributed by atoms with Crippen molar-refractivity contribution in [2.75, 3.05) is 0 Å². The minimum atomic E-state index is -0.350. The summed E-state index contributed by atoms with van der Waals surface area (Å²) in [6.07, 6.45) is 0. The molecular weight excluding hydrogens is 773 g/mol. The molecule has 0 N–H and O–H groups in total. The number of rotatable bonds is 6. The van der Waals surface area contributed by atoms with E-state index in [1.54, 1.807) is 24.3 Å². The maximum absolute atomic E-state index is 9.81. The molecule has 13 aromatic rings. The molecular formula is C57H34N4O2. The van der Waals surface area contributed by atoms with Crippen molar-refractivity contribution in [2.24, 2.45) is 0 Å². The van der Waals surface area contributed by atoms with Crippen LogP contribution >= 0.6 is 0 Å². The Morgan fingerprint density at radius 2 is 1.03 bits per heavy atom. The van der Waals surface area contributed by atoms with Crippen LogP contribution in [0.3, 0.4) is 0 Å².